The minimum absolute atomic E-state index is 0.0212. The highest BCUT2D eigenvalue weighted by Gasteiger charge is 2.31. The summed E-state index contributed by atoms with van der Waals surface area (Å²) < 4.78 is 19.6. The van der Waals surface area contributed by atoms with E-state index in [1.54, 1.807) is 6.07 Å². The van der Waals surface area contributed by atoms with E-state index < -0.39 is 11.9 Å². The van der Waals surface area contributed by atoms with E-state index in [2.05, 4.69) is 15.9 Å². The van der Waals surface area contributed by atoms with E-state index in [1.807, 2.05) is 6.92 Å². The number of nitrogens with zero attached hydrogens (tertiary/aromatic N) is 1. The van der Waals surface area contributed by atoms with Crippen molar-refractivity contribution in [1.82, 2.24) is 4.90 Å². The van der Waals surface area contributed by atoms with Crippen molar-refractivity contribution in [2.45, 2.75) is 19.1 Å². The fraction of sp³-hybridized carbons (Fsp3) is 0.462. The van der Waals surface area contributed by atoms with Crippen LogP contribution in [0.3, 0.4) is 0 Å². The second-order valence-electron chi connectivity index (χ2n) is 4.54. The van der Waals surface area contributed by atoms with Gasteiger partial charge in [0.1, 0.15) is 5.82 Å². The molecule has 0 saturated carbocycles. The molecular weight excluding hydrogens is 317 g/mol. The van der Waals surface area contributed by atoms with Crippen LogP contribution in [0.15, 0.2) is 22.7 Å². The Kier molecular flexibility index (Phi) is 4.54. The van der Waals surface area contributed by atoms with E-state index in [1.165, 1.54) is 17.0 Å². The molecular formula is C13H15BrFNO3. The molecule has 1 aliphatic heterocycles. The first-order valence-electron chi connectivity index (χ1n) is 6.02. The topological polar surface area (TPSA) is 49.8 Å². The number of morpholine rings is 1. The lowest BCUT2D eigenvalue weighted by Crippen LogP contribution is -2.52. The molecule has 1 amide bonds. The van der Waals surface area contributed by atoms with Gasteiger partial charge in [0.25, 0.3) is 5.91 Å². The third-order valence-corrected chi connectivity index (χ3v) is 3.81. The lowest BCUT2D eigenvalue weighted by molar-refractivity contribution is -0.0668. The number of halogens is 2. The summed E-state index contributed by atoms with van der Waals surface area (Å²) in [5, 5.41) is 9.11. The van der Waals surface area contributed by atoms with Gasteiger partial charge in [-0.3, -0.25) is 4.79 Å². The van der Waals surface area contributed by atoms with Crippen LogP contribution in [0.4, 0.5) is 4.39 Å². The van der Waals surface area contributed by atoms with Gasteiger partial charge in [0.2, 0.25) is 0 Å². The molecule has 19 heavy (non-hydrogen) atoms. The van der Waals surface area contributed by atoms with Crippen LogP contribution >= 0.6 is 15.9 Å². The molecule has 0 radical (unpaired) electrons. The lowest BCUT2D eigenvalue weighted by atomic mass is 10.1. The quantitative estimate of drug-likeness (QED) is 0.899. The van der Waals surface area contributed by atoms with E-state index in [-0.39, 0.29) is 30.7 Å². The minimum Gasteiger partial charge on any atom is -0.394 e. The fourth-order valence-corrected chi connectivity index (χ4v) is 2.57. The Hall–Kier alpha value is -0.980. The number of ether oxygens (including phenoxy) is 1. The number of benzene rings is 1. The Morgan fingerprint density at radius 1 is 1.63 bits per heavy atom. The maximum absolute atomic E-state index is 13.8. The number of amides is 1. The van der Waals surface area contributed by atoms with E-state index in [0.717, 1.165) is 0 Å². The zero-order chi connectivity index (χ0) is 14.0. The number of hydrogen-bond acceptors (Lipinski definition) is 3. The molecule has 1 aliphatic rings. The summed E-state index contributed by atoms with van der Waals surface area (Å²) >= 11 is 3.20. The van der Waals surface area contributed by atoms with Gasteiger partial charge in [-0.1, -0.05) is 6.07 Å². The Morgan fingerprint density at radius 3 is 3.00 bits per heavy atom. The van der Waals surface area contributed by atoms with Gasteiger partial charge in [0.15, 0.2) is 0 Å². The molecule has 1 saturated heterocycles. The number of aliphatic hydroxyl groups is 1. The predicted octanol–water partition coefficient (Wildman–Crippen LogP) is 1.81. The monoisotopic (exact) mass is 331 g/mol. The molecule has 104 valence electrons. The number of hydrogen-bond donors (Lipinski definition) is 1. The van der Waals surface area contributed by atoms with Crippen LogP contribution in [0, 0.1) is 5.82 Å². The van der Waals surface area contributed by atoms with Gasteiger partial charge < -0.3 is 14.7 Å². The molecule has 2 rings (SSSR count). The second-order valence-corrected chi connectivity index (χ2v) is 5.40. The van der Waals surface area contributed by atoms with Gasteiger partial charge in [-0.05, 0) is 35.0 Å². The summed E-state index contributed by atoms with van der Waals surface area (Å²) in [5.74, 6) is -0.946. The van der Waals surface area contributed by atoms with Gasteiger partial charge in [0.05, 0.1) is 30.9 Å². The highest BCUT2D eigenvalue weighted by atomic mass is 79.9. The Bertz CT molecular complexity index is 463. The van der Waals surface area contributed by atoms with Crippen LogP contribution in [0.25, 0.3) is 0 Å². The van der Waals surface area contributed by atoms with E-state index in [4.69, 9.17) is 9.84 Å². The van der Waals surface area contributed by atoms with Crippen LogP contribution in [0.1, 0.15) is 17.3 Å². The van der Waals surface area contributed by atoms with Crippen LogP contribution in [0.2, 0.25) is 0 Å². The number of carbonyl (C=O) groups is 1. The van der Waals surface area contributed by atoms with Gasteiger partial charge in [0, 0.05) is 11.0 Å². The molecule has 6 heteroatoms. The van der Waals surface area contributed by atoms with Crippen molar-refractivity contribution in [3.05, 3.63) is 34.1 Å². The first-order chi connectivity index (χ1) is 9.04. The van der Waals surface area contributed by atoms with Crippen molar-refractivity contribution in [3.8, 4) is 0 Å². The molecule has 1 heterocycles. The van der Waals surface area contributed by atoms with Crippen molar-refractivity contribution < 1.29 is 19.0 Å². The van der Waals surface area contributed by atoms with Gasteiger partial charge in [-0.25, -0.2) is 4.39 Å². The molecule has 2 atom stereocenters. The summed E-state index contributed by atoms with van der Waals surface area (Å²) in [4.78, 5) is 14.0. The Labute approximate surface area is 119 Å². The summed E-state index contributed by atoms with van der Waals surface area (Å²) in [6, 6.07) is 4.27. The normalized spacial score (nSPS) is 23.5. The summed E-state index contributed by atoms with van der Waals surface area (Å²) in [7, 11) is 0. The molecule has 1 aromatic carbocycles. The third kappa shape index (κ3) is 2.96. The van der Waals surface area contributed by atoms with Crippen LogP contribution in [-0.4, -0.2) is 47.8 Å². The maximum atomic E-state index is 13.8. The standard InChI is InChI=1S/C13H15BrFNO3/c1-8-7-19-9(6-17)5-16(8)13(18)12-10(14)3-2-4-11(12)15/h2-4,8-9,17H,5-7H2,1H3. The molecule has 1 N–H and O–H groups in total. The molecule has 0 spiro atoms. The Balaban J connectivity index is 2.27. The average Bonchev–Trinajstić information content (AvgIpc) is 2.39. The molecule has 2 unspecified atom stereocenters. The van der Waals surface area contributed by atoms with Gasteiger partial charge >= 0.3 is 0 Å². The highest BCUT2D eigenvalue weighted by molar-refractivity contribution is 9.10. The van der Waals surface area contributed by atoms with E-state index in [0.29, 0.717) is 11.1 Å². The van der Waals surface area contributed by atoms with Crippen molar-refractivity contribution in [2.24, 2.45) is 0 Å². The summed E-state index contributed by atoms with van der Waals surface area (Å²) in [5.41, 5.74) is 0.0212. The Morgan fingerprint density at radius 2 is 2.37 bits per heavy atom. The van der Waals surface area contributed by atoms with Gasteiger partial charge in [-0.15, -0.1) is 0 Å². The molecule has 1 fully saturated rings. The summed E-state index contributed by atoms with van der Waals surface area (Å²) in [6.07, 6.45) is -0.411. The van der Waals surface area contributed by atoms with Crippen molar-refractivity contribution >= 4 is 21.8 Å². The minimum atomic E-state index is -0.557. The van der Waals surface area contributed by atoms with Crippen molar-refractivity contribution in [3.63, 3.8) is 0 Å². The maximum Gasteiger partial charge on any atom is 0.258 e. The van der Waals surface area contributed by atoms with Crippen LogP contribution in [-0.2, 0) is 4.74 Å². The van der Waals surface area contributed by atoms with Crippen LogP contribution < -0.4 is 0 Å². The van der Waals surface area contributed by atoms with Crippen molar-refractivity contribution in [1.29, 1.82) is 0 Å². The van der Waals surface area contributed by atoms with Crippen LogP contribution in [0.5, 0.6) is 0 Å². The highest BCUT2D eigenvalue weighted by Crippen LogP contribution is 2.24. The van der Waals surface area contributed by atoms with E-state index >= 15 is 0 Å². The lowest BCUT2D eigenvalue weighted by Gasteiger charge is -2.37. The number of aliphatic hydroxyl groups excluding tert-OH is 1. The first kappa shape index (κ1) is 14.4. The number of rotatable bonds is 2. The molecule has 0 aromatic heterocycles. The largest absolute Gasteiger partial charge is 0.394 e. The molecule has 1 aromatic rings. The predicted molar refractivity (Wildman–Crippen MR) is 71.4 cm³/mol. The first-order valence-corrected chi connectivity index (χ1v) is 6.81. The van der Waals surface area contributed by atoms with Crippen molar-refractivity contribution in [2.75, 3.05) is 19.8 Å². The fourth-order valence-electron chi connectivity index (χ4n) is 2.06. The van der Waals surface area contributed by atoms with Gasteiger partial charge in [-0.2, -0.15) is 0 Å². The zero-order valence-corrected chi connectivity index (χ0v) is 12.1. The molecule has 0 bridgehead atoms. The summed E-state index contributed by atoms with van der Waals surface area (Å²) in [6.45, 7) is 2.27. The SMILES string of the molecule is CC1COC(CO)CN1C(=O)c1c(F)cccc1Br. The second kappa shape index (κ2) is 5.98. The molecule has 0 aliphatic carbocycles. The zero-order valence-electron chi connectivity index (χ0n) is 10.5. The average molecular weight is 332 g/mol. The molecule has 4 nitrogen and oxygen atoms in total. The third-order valence-electron chi connectivity index (χ3n) is 3.15. The van der Waals surface area contributed by atoms with E-state index in [9.17, 15) is 9.18 Å². The number of carbonyl (C=O) groups excluding carboxylic acids is 1. The smallest absolute Gasteiger partial charge is 0.258 e.